The number of thiophene rings is 1. The van der Waals surface area contributed by atoms with Gasteiger partial charge in [-0.1, -0.05) is 82.0 Å². The molecule has 43 heavy (non-hydrogen) atoms. The molecular weight excluding hydrogens is 744 g/mol. The molecule has 0 unspecified atom stereocenters. The van der Waals surface area contributed by atoms with Crippen molar-refractivity contribution in [3.63, 3.8) is 0 Å². The molecule has 0 saturated carbocycles. The van der Waals surface area contributed by atoms with Crippen LogP contribution in [0, 0.1) is 17.9 Å². The fraction of sp³-hybridized carbons (Fsp3) is 0.243. The molecule has 0 fully saturated rings. The monoisotopic (exact) mass is 783 g/mol. The van der Waals surface area contributed by atoms with Gasteiger partial charge in [-0.3, -0.25) is 0 Å². The molecule has 223 valence electrons. The molecule has 0 N–H and O–H groups in total. The van der Waals surface area contributed by atoms with E-state index in [1.54, 1.807) is 23.6 Å². The van der Waals surface area contributed by atoms with Crippen LogP contribution in [0.1, 0.15) is 53.4 Å². The van der Waals surface area contributed by atoms with Crippen LogP contribution in [-0.4, -0.2) is 18.0 Å². The molecular formula is C37H37FIrN2SSi-2. The van der Waals surface area contributed by atoms with Gasteiger partial charge in [0.05, 0.1) is 8.07 Å². The first-order chi connectivity index (χ1) is 20.6. The van der Waals surface area contributed by atoms with Gasteiger partial charge in [0.25, 0.3) is 0 Å². The van der Waals surface area contributed by atoms with Crippen LogP contribution in [0.2, 0.25) is 19.6 Å². The maximum Gasteiger partial charge on any atom is 0.124 e. The minimum Gasteiger partial charge on any atom is -0.305 e. The van der Waals surface area contributed by atoms with Crippen LogP contribution < -0.4 is 5.19 Å². The maximum absolute atomic E-state index is 13.5. The summed E-state index contributed by atoms with van der Waals surface area (Å²) in [5.74, 6) is -1.52. The second-order valence-corrected chi connectivity index (χ2v) is 18.0. The van der Waals surface area contributed by atoms with E-state index in [1.807, 2.05) is 88.5 Å². The van der Waals surface area contributed by atoms with Gasteiger partial charge in [0.1, 0.15) is 5.82 Å². The summed E-state index contributed by atoms with van der Waals surface area (Å²) < 4.78 is 32.2. The molecule has 0 aliphatic carbocycles. The van der Waals surface area contributed by atoms with Gasteiger partial charge < -0.3 is 9.97 Å². The Balaban J connectivity index is 0.000000204. The van der Waals surface area contributed by atoms with E-state index in [-0.39, 0.29) is 25.9 Å². The number of fused-ring (bicyclic) bond motifs is 3. The fourth-order valence-electron chi connectivity index (χ4n) is 4.95. The van der Waals surface area contributed by atoms with Crippen LogP contribution >= 0.6 is 11.3 Å². The molecule has 2 nitrogen and oxygen atoms in total. The molecule has 3 aromatic carbocycles. The van der Waals surface area contributed by atoms with Gasteiger partial charge in [-0.2, -0.15) is 11.3 Å². The first-order valence-electron chi connectivity index (χ1n) is 15.1. The minimum absolute atomic E-state index is 0. The van der Waals surface area contributed by atoms with E-state index in [2.05, 4.69) is 47.8 Å². The molecule has 3 aromatic heterocycles. The number of nitrogens with zero attached hydrogens (tertiary/aromatic N) is 2. The molecule has 6 aromatic rings. The quantitative estimate of drug-likeness (QED) is 0.129. The number of aromatic nitrogens is 2. The Labute approximate surface area is 276 Å². The van der Waals surface area contributed by atoms with Crippen molar-refractivity contribution in [2.75, 3.05) is 0 Å². The molecule has 1 radical (unpaired) electrons. The van der Waals surface area contributed by atoms with Crippen molar-refractivity contribution in [1.82, 2.24) is 9.97 Å². The van der Waals surface area contributed by atoms with Crippen molar-refractivity contribution in [2.24, 2.45) is 0 Å². The van der Waals surface area contributed by atoms with Crippen molar-refractivity contribution in [1.29, 1.82) is 0 Å². The van der Waals surface area contributed by atoms with Crippen LogP contribution in [0.15, 0.2) is 85.2 Å². The number of halogens is 1. The average Bonchev–Trinajstić information content (AvgIpc) is 3.34. The number of hydrogen-bond acceptors (Lipinski definition) is 3. The van der Waals surface area contributed by atoms with Crippen LogP contribution in [0.4, 0.5) is 4.39 Å². The van der Waals surface area contributed by atoms with Crippen LogP contribution in [-0.2, 0) is 20.1 Å². The van der Waals surface area contributed by atoms with E-state index in [0.29, 0.717) is 0 Å². The Morgan fingerprint density at radius 1 is 0.837 bits per heavy atom. The number of pyridine rings is 2. The molecule has 0 spiro atoms. The zero-order chi connectivity index (χ0) is 31.9. The molecule has 0 aliphatic heterocycles. The summed E-state index contributed by atoms with van der Waals surface area (Å²) in [5, 5.41) is 3.40. The standard InChI is InChI=1S/C20H15FNS.C17H22NSi.Ir/c1-12(2)13-8-9-22-18(10-13)17-5-3-4-16-15-7-6-14(21)11-19(15)23-20(16)17;1-13(2)15-11-16(14-9-7-6-8-10-14)18-12-17(15)19(3,4)5;/h3-4,6-12H,1-2H3;6-9,11-13H,1-5H3;/q2*-1;/i12D;13D;. The van der Waals surface area contributed by atoms with Gasteiger partial charge >= 0.3 is 0 Å². The average molecular weight is 783 g/mol. The van der Waals surface area contributed by atoms with E-state index < -0.39 is 19.9 Å². The number of rotatable bonds is 5. The third-order valence-electron chi connectivity index (χ3n) is 7.22. The van der Waals surface area contributed by atoms with Crippen LogP contribution in [0.3, 0.4) is 0 Å². The van der Waals surface area contributed by atoms with Crippen molar-refractivity contribution in [2.45, 2.75) is 59.1 Å². The molecule has 6 rings (SSSR count). The summed E-state index contributed by atoms with van der Waals surface area (Å²) in [6.45, 7) is 14.5. The van der Waals surface area contributed by atoms with Gasteiger partial charge in [0.2, 0.25) is 0 Å². The van der Waals surface area contributed by atoms with Gasteiger partial charge in [0, 0.05) is 39.9 Å². The first kappa shape index (κ1) is 30.0. The number of hydrogen-bond donors (Lipinski definition) is 0. The van der Waals surface area contributed by atoms with Gasteiger partial charge in [-0.05, 0) is 56.6 Å². The first-order valence-corrected chi connectivity index (χ1v) is 18.4. The summed E-state index contributed by atoms with van der Waals surface area (Å²) in [7, 11) is -1.50. The zero-order valence-electron chi connectivity index (χ0n) is 27.6. The molecule has 0 atom stereocenters. The fourth-order valence-corrected chi connectivity index (χ4v) is 7.77. The molecule has 0 bridgehead atoms. The van der Waals surface area contributed by atoms with E-state index >= 15 is 0 Å². The normalized spacial score (nSPS) is 12.7. The molecule has 0 aliphatic rings. The molecule has 0 saturated heterocycles. The van der Waals surface area contributed by atoms with Gasteiger partial charge in [0.15, 0.2) is 0 Å². The van der Waals surface area contributed by atoms with Crippen molar-refractivity contribution < 1.29 is 27.2 Å². The van der Waals surface area contributed by atoms with E-state index in [1.165, 1.54) is 11.3 Å². The third-order valence-corrected chi connectivity index (χ3v) is 10.4. The Kier molecular flexibility index (Phi) is 9.59. The summed E-state index contributed by atoms with van der Waals surface area (Å²) in [6.07, 6.45) is 3.72. The maximum atomic E-state index is 13.5. The SMILES string of the molecule is [2H]C(C)(C)c1cc(-c2[c-]cccc2)ncc1[Si](C)(C)C.[2H]C(C)(C)c1ccnc(-c2[c-]ccc3c2sc2cc(F)ccc23)c1.[Ir]. The van der Waals surface area contributed by atoms with Crippen molar-refractivity contribution in [3.05, 3.63) is 114 Å². The third kappa shape index (κ3) is 7.38. The summed E-state index contributed by atoms with van der Waals surface area (Å²) >= 11 is 1.55. The predicted octanol–water partition coefficient (Wildman–Crippen LogP) is 10.4. The second kappa shape index (κ2) is 13.7. The van der Waals surface area contributed by atoms with E-state index in [9.17, 15) is 4.39 Å². The zero-order valence-corrected chi connectivity index (χ0v) is 29.8. The van der Waals surface area contributed by atoms with Gasteiger partial charge in [-0.15, -0.1) is 59.7 Å². The Bertz CT molecular complexity index is 1940. The van der Waals surface area contributed by atoms with Crippen molar-refractivity contribution >= 4 is 44.8 Å². The Morgan fingerprint density at radius 2 is 1.63 bits per heavy atom. The second-order valence-electron chi connectivity index (χ2n) is 11.9. The summed E-state index contributed by atoms with van der Waals surface area (Å²) in [5.41, 5.74) is 5.60. The smallest absolute Gasteiger partial charge is 0.124 e. The van der Waals surface area contributed by atoms with Gasteiger partial charge in [-0.25, -0.2) is 4.39 Å². The molecule has 0 amide bonds. The predicted molar refractivity (Wildman–Crippen MR) is 181 cm³/mol. The Hall–Kier alpha value is -3.02. The van der Waals surface area contributed by atoms with E-state index in [4.69, 9.17) is 2.74 Å². The van der Waals surface area contributed by atoms with Crippen LogP contribution in [0.5, 0.6) is 0 Å². The summed E-state index contributed by atoms with van der Waals surface area (Å²) in [4.78, 5) is 9.09. The molecule has 3 heterocycles. The summed E-state index contributed by atoms with van der Waals surface area (Å²) in [6, 6.07) is 29.0. The molecule has 6 heteroatoms. The van der Waals surface area contributed by atoms with Crippen molar-refractivity contribution in [3.8, 4) is 22.5 Å². The number of benzene rings is 3. The van der Waals surface area contributed by atoms with E-state index in [0.717, 1.165) is 53.8 Å². The van der Waals surface area contributed by atoms with Crippen LogP contribution in [0.25, 0.3) is 42.7 Å². The topological polar surface area (TPSA) is 25.8 Å². The minimum atomic E-state index is -1.50. The largest absolute Gasteiger partial charge is 0.305 e. The Morgan fingerprint density at radius 3 is 2.30 bits per heavy atom.